The van der Waals surface area contributed by atoms with Gasteiger partial charge in [-0.15, -0.1) is 0 Å². The number of morpholine rings is 1. The number of halogens is 3. The van der Waals surface area contributed by atoms with Gasteiger partial charge in [-0.05, 0) is 44.0 Å². The summed E-state index contributed by atoms with van der Waals surface area (Å²) in [7, 11) is 0. The molecule has 4 rings (SSSR count). The highest BCUT2D eigenvalue weighted by molar-refractivity contribution is 5.77. The van der Waals surface area contributed by atoms with Crippen molar-refractivity contribution in [1.29, 1.82) is 0 Å². The van der Waals surface area contributed by atoms with Crippen molar-refractivity contribution in [2.75, 3.05) is 39.4 Å². The molecule has 2 aromatic rings. The normalized spacial score (nSPS) is 22.0. The molecular weight excluding hydrogens is 357 g/mol. The summed E-state index contributed by atoms with van der Waals surface area (Å²) in [4.78, 5) is 6.97. The third-order valence-corrected chi connectivity index (χ3v) is 5.44. The fourth-order valence-corrected chi connectivity index (χ4v) is 4.01. The van der Waals surface area contributed by atoms with E-state index in [1.807, 2.05) is 0 Å². The molecule has 0 radical (unpaired) electrons. The van der Waals surface area contributed by atoms with E-state index in [9.17, 15) is 13.2 Å². The summed E-state index contributed by atoms with van der Waals surface area (Å²) in [6.07, 6.45) is -1.37. The van der Waals surface area contributed by atoms with Gasteiger partial charge in [0.15, 0.2) is 0 Å². The summed E-state index contributed by atoms with van der Waals surface area (Å²) >= 11 is 0. The third-order valence-electron chi connectivity index (χ3n) is 5.44. The van der Waals surface area contributed by atoms with Gasteiger partial charge in [-0.3, -0.25) is 4.90 Å². The zero-order valence-electron chi connectivity index (χ0n) is 15.3. The first-order valence-corrected chi connectivity index (χ1v) is 9.63. The molecule has 2 aliphatic rings. The predicted molar refractivity (Wildman–Crippen MR) is 96.6 cm³/mol. The van der Waals surface area contributed by atoms with Crippen LogP contribution in [0.25, 0.3) is 11.0 Å². The van der Waals surface area contributed by atoms with E-state index in [4.69, 9.17) is 4.74 Å². The molecule has 1 aromatic heterocycles. The molecule has 2 aliphatic heterocycles. The number of imidazole rings is 1. The van der Waals surface area contributed by atoms with Gasteiger partial charge in [0, 0.05) is 26.2 Å². The van der Waals surface area contributed by atoms with Crippen LogP contribution in [0.5, 0.6) is 0 Å². The van der Waals surface area contributed by atoms with Gasteiger partial charge in [-0.1, -0.05) is 0 Å². The molecule has 2 saturated heterocycles. The van der Waals surface area contributed by atoms with Crippen LogP contribution in [0.3, 0.4) is 0 Å². The highest BCUT2D eigenvalue weighted by Crippen LogP contribution is 2.33. The van der Waals surface area contributed by atoms with Crippen LogP contribution in [0.1, 0.15) is 36.7 Å². The molecule has 0 saturated carbocycles. The van der Waals surface area contributed by atoms with Crippen LogP contribution in [-0.4, -0.2) is 53.8 Å². The number of hydrogen-bond acceptors (Lipinski definition) is 4. The Labute approximate surface area is 156 Å². The van der Waals surface area contributed by atoms with E-state index in [1.165, 1.54) is 6.07 Å². The molecule has 8 heteroatoms. The second-order valence-corrected chi connectivity index (χ2v) is 7.28. The molecule has 0 amide bonds. The SMILES string of the molecule is FC(F)(F)c1ccc2c(c1)nc(C1CCCN1)n2CCCN1CCOCC1. The maximum absolute atomic E-state index is 13.1. The van der Waals surface area contributed by atoms with Crippen molar-refractivity contribution < 1.29 is 17.9 Å². The lowest BCUT2D eigenvalue weighted by Crippen LogP contribution is -2.37. The minimum Gasteiger partial charge on any atom is -0.379 e. The van der Waals surface area contributed by atoms with Crippen molar-refractivity contribution >= 4 is 11.0 Å². The quantitative estimate of drug-likeness (QED) is 0.863. The standard InChI is InChI=1S/C19H25F3N4O/c20-19(21,22)14-4-5-17-16(13-14)24-18(15-3-1-6-23-15)26(17)8-2-7-25-9-11-27-12-10-25/h4-5,13,15,23H,1-3,6-12H2. The first-order valence-electron chi connectivity index (χ1n) is 9.63. The maximum atomic E-state index is 13.1. The van der Waals surface area contributed by atoms with Crippen molar-refractivity contribution in [2.45, 2.75) is 38.0 Å². The van der Waals surface area contributed by atoms with E-state index in [2.05, 4.69) is 19.8 Å². The number of ether oxygens (including phenoxy) is 1. The van der Waals surface area contributed by atoms with Crippen LogP contribution in [0.4, 0.5) is 13.2 Å². The van der Waals surface area contributed by atoms with Gasteiger partial charge >= 0.3 is 6.18 Å². The Balaban J connectivity index is 1.58. The summed E-state index contributed by atoms with van der Waals surface area (Å²) < 4.78 is 46.7. The largest absolute Gasteiger partial charge is 0.416 e. The van der Waals surface area contributed by atoms with Gasteiger partial charge < -0.3 is 14.6 Å². The minimum atomic E-state index is -4.35. The van der Waals surface area contributed by atoms with Gasteiger partial charge in [0.25, 0.3) is 0 Å². The van der Waals surface area contributed by atoms with Crippen molar-refractivity contribution in [3.8, 4) is 0 Å². The molecule has 1 unspecified atom stereocenters. The van der Waals surface area contributed by atoms with Crippen LogP contribution >= 0.6 is 0 Å². The van der Waals surface area contributed by atoms with Crippen molar-refractivity contribution in [3.05, 3.63) is 29.6 Å². The molecular formula is C19H25F3N4O. The summed E-state index contributed by atoms with van der Waals surface area (Å²) in [6, 6.07) is 4.02. The van der Waals surface area contributed by atoms with Crippen molar-refractivity contribution in [3.63, 3.8) is 0 Å². The fraction of sp³-hybridized carbons (Fsp3) is 0.632. The Bertz CT molecular complexity index is 777. The summed E-state index contributed by atoms with van der Waals surface area (Å²) in [5.74, 6) is 0.865. The van der Waals surface area contributed by atoms with Gasteiger partial charge in [0.2, 0.25) is 0 Å². The van der Waals surface area contributed by atoms with Gasteiger partial charge in [0.1, 0.15) is 5.82 Å². The number of aryl methyl sites for hydroxylation is 1. The van der Waals surface area contributed by atoms with Gasteiger partial charge in [-0.25, -0.2) is 4.98 Å². The van der Waals surface area contributed by atoms with Crippen molar-refractivity contribution in [2.24, 2.45) is 0 Å². The Morgan fingerprint density at radius 1 is 1.19 bits per heavy atom. The zero-order chi connectivity index (χ0) is 18.9. The van der Waals surface area contributed by atoms with Crippen LogP contribution in [0.15, 0.2) is 18.2 Å². The molecule has 27 heavy (non-hydrogen) atoms. The second kappa shape index (κ2) is 7.77. The Morgan fingerprint density at radius 2 is 2.00 bits per heavy atom. The average molecular weight is 382 g/mol. The summed E-state index contributed by atoms with van der Waals surface area (Å²) in [6.45, 7) is 6.06. The van der Waals surface area contributed by atoms with Crippen LogP contribution in [0.2, 0.25) is 0 Å². The van der Waals surface area contributed by atoms with E-state index in [1.54, 1.807) is 6.07 Å². The molecule has 3 heterocycles. The number of aromatic nitrogens is 2. The topological polar surface area (TPSA) is 42.3 Å². The molecule has 0 spiro atoms. The first kappa shape index (κ1) is 18.7. The molecule has 2 fully saturated rings. The molecule has 148 valence electrons. The number of rotatable bonds is 5. The molecule has 1 atom stereocenters. The van der Waals surface area contributed by atoms with E-state index >= 15 is 0 Å². The number of benzene rings is 1. The van der Waals surface area contributed by atoms with Gasteiger partial charge in [0.05, 0.1) is 35.9 Å². The number of fused-ring (bicyclic) bond motifs is 1. The molecule has 0 bridgehead atoms. The minimum absolute atomic E-state index is 0.120. The Kier molecular flexibility index (Phi) is 5.39. The van der Waals surface area contributed by atoms with E-state index < -0.39 is 11.7 Å². The Hall–Kier alpha value is -1.64. The van der Waals surface area contributed by atoms with E-state index in [0.717, 1.165) is 82.6 Å². The zero-order valence-corrected chi connectivity index (χ0v) is 15.3. The first-order chi connectivity index (χ1) is 13.0. The van der Waals surface area contributed by atoms with Crippen LogP contribution in [-0.2, 0) is 17.5 Å². The second-order valence-electron chi connectivity index (χ2n) is 7.28. The third kappa shape index (κ3) is 4.12. The molecule has 1 aromatic carbocycles. The summed E-state index contributed by atoms with van der Waals surface area (Å²) in [5, 5.41) is 3.43. The highest BCUT2D eigenvalue weighted by atomic mass is 19.4. The monoisotopic (exact) mass is 382 g/mol. The summed E-state index contributed by atoms with van der Waals surface area (Å²) in [5.41, 5.74) is 0.576. The number of nitrogens with zero attached hydrogens (tertiary/aromatic N) is 3. The number of hydrogen-bond donors (Lipinski definition) is 1. The fourth-order valence-electron chi connectivity index (χ4n) is 4.01. The number of alkyl halides is 3. The van der Waals surface area contributed by atoms with Gasteiger partial charge in [-0.2, -0.15) is 13.2 Å². The maximum Gasteiger partial charge on any atom is 0.416 e. The predicted octanol–water partition coefficient (Wildman–Crippen LogP) is 3.20. The van der Waals surface area contributed by atoms with E-state index in [0.29, 0.717) is 5.52 Å². The molecule has 0 aliphatic carbocycles. The number of nitrogens with one attached hydrogen (secondary N) is 1. The molecule has 1 N–H and O–H groups in total. The van der Waals surface area contributed by atoms with Crippen molar-refractivity contribution in [1.82, 2.24) is 19.8 Å². The molecule has 5 nitrogen and oxygen atoms in total. The smallest absolute Gasteiger partial charge is 0.379 e. The van der Waals surface area contributed by atoms with Crippen LogP contribution in [0, 0.1) is 0 Å². The Morgan fingerprint density at radius 3 is 2.70 bits per heavy atom. The highest BCUT2D eigenvalue weighted by Gasteiger charge is 2.31. The lowest BCUT2D eigenvalue weighted by Gasteiger charge is -2.26. The van der Waals surface area contributed by atoms with E-state index in [-0.39, 0.29) is 6.04 Å². The van der Waals surface area contributed by atoms with Crippen LogP contribution < -0.4 is 5.32 Å². The lowest BCUT2D eigenvalue weighted by atomic mass is 10.2. The lowest BCUT2D eigenvalue weighted by molar-refractivity contribution is -0.137. The average Bonchev–Trinajstić information content (AvgIpc) is 3.29.